The molecule has 1 saturated heterocycles. The first kappa shape index (κ1) is 15.7. The predicted molar refractivity (Wildman–Crippen MR) is 74.1 cm³/mol. The number of morpholine rings is 1. The molecule has 2 fully saturated rings. The Hall–Kier alpha value is -0.320. The fraction of sp³-hybridized carbons (Fsp3) is 0.923. The number of rotatable bonds is 5. The molecule has 0 spiro atoms. The number of hydrogen-bond acceptors (Lipinski definition) is 3. The van der Waals surface area contributed by atoms with E-state index in [9.17, 15) is 4.79 Å². The number of hydrogen-bond donors (Lipinski definition) is 2. The Morgan fingerprint density at radius 1 is 1.33 bits per heavy atom. The highest BCUT2D eigenvalue weighted by Gasteiger charge is 2.20. The van der Waals surface area contributed by atoms with Gasteiger partial charge in [0.15, 0.2) is 0 Å². The molecule has 2 rings (SSSR count). The second-order valence-corrected chi connectivity index (χ2v) is 5.17. The van der Waals surface area contributed by atoms with Crippen molar-refractivity contribution in [2.24, 2.45) is 5.92 Å². The maximum Gasteiger partial charge on any atom is 0.239 e. The lowest BCUT2D eigenvalue weighted by Gasteiger charge is -2.23. The molecular formula is C13H25ClN2O2. The van der Waals surface area contributed by atoms with Gasteiger partial charge < -0.3 is 15.4 Å². The lowest BCUT2D eigenvalue weighted by atomic mass is 10.0. The minimum Gasteiger partial charge on any atom is -0.378 e. The van der Waals surface area contributed by atoms with E-state index >= 15 is 0 Å². The maximum absolute atomic E-state index is 11.7. The molecule has 1 amide bonds. The van der Waals surface area contributed by atoms with Crippen LogP contribution >= 0.6 is 12.4 Å². The average Bonchev–Trinajstić information content (AvgIpc) is 2.88. The summed E-state index contributed by atoms with van der Waals surface area (Å²) in [5, 5.41) is 6.16. The zero-order valence-electron chi connectivity index (χ0n) is 11.0. The molecule has 0 aromatic carbocycles. The van der Waals surface area contributed by atoms with Crippen molar-refractivity contribution < 1.29 is 9.53 Å². The van der Waals surface area contributed by atoms with Crippen molar-refractivity contribution >= 4 is 18.3 Å². The van der Waals surface area contributed by atoms with E-state index in [4.69, 9.17) is 4.74 Å². The SMILES string of the molecule is Cl.O=C(NCCCC1CCCC1)C1COCCN1. The average molecular weight is 277 g/mol. The van der Waals surface area contributed by atoms with Gasteiger partial charge in [-0.3, -0.25) is 4.79 Å². The molecule has 1 atom stereocenters. The van der Waals surface area contributed by atoms with Crippen LogP contribution in [0.1, 0.15) is 38.5 Å². The Morgan fingerprint density at radius 2 is 2.11 bits per heavy atom. The van der Waals surface area contributed by atoms with Gasteiger partial charge in [-0.1, -0.05) is 25.7 Å². The largest absolute Gasteiger partial charge is 0.378 e. The van der Waals surface area contributed by atoms with Crippen LogP contribution in [0.15, 0.2) is 0 Å². The topological polar surface area (TPSA) is 50.4 Å². The highest BCUT2D eigenvalue weighted by molar-refractivity contribution is 5.85. The Labute approximate surface area is 116 Å². The van der Waals surface area contributed by atoms with Gasteiger partial charge in [0.1, 0.15) is 6.04 Å². The molecule has 18 heavy (non-hydrogen) atoms. The fourth-order valence-corrected chi connectivity index (χ4v) is 2.76. The van der Waals surface area contributed by atoms with Gasteiger partial charge in [-0.25, -0.2) is 0 Å². The lowest BCUT2D eigenvalue weighted by molar-refractivity contribution is -0.125. The van der Waals surface area contributed by atoms with Gasteiger partial charge in [-0.05, 0) is 18.8 Å². The highest BCUT2D eigenvalue weighted by atomic mass is 35.5. The smallest absolute Gasteiger partial charge is 0.239 e. The predicted octanol–water partition coefficient (Wildman–Crippen LogP) is 1.48. The molecule has 0 radical (unpaired) electrons. The lowest BCUT2D eigenvalue weighted by Crippen LogP contribution is -2.51. The number of ether oxygens (including phenoxy) is 1. The fourth-order valence-electron chi connectivity index (χ4n) is 2.76. The Morgan fingerprint density at radius 3 is 2.78 bits per heavy atom. The second-order valence-electron chi connectivity index (χ2n) is 5.17. The van der Waals surface area contributed by atoms with Crippen LogP contribution < -0.4 is 10.6 Å². The van der Waals surface area contributed by atoms with Crippen LogP contribution in [-0.4, -0.2) is 38.3 Å². The third-order valence-corrected chi connectivity index (χ3v) is 3.80. The van der Waals surface area contributed by atoms with E-state index in [0.29, 0.717) is 13.2 Å². The number of halogens is 1. The normalized spacial score (nSPS) is 24.6. The molecular weight excluding hydrogens is 252 g/mol. The summed E-state index contributed by atoms with van der Waals surface area (Å²) >= 11 is 0. The quantitative estimate of drug-likeness (QED) is 0.748. The van der Waals surface area contributed by atoms with Crippen LogP contribution in [0.3, 0.4) is 0 Å². The first-order valence-electron chi connectivity index (χ1n) is 6.95. The summed E-state index contributed by atoms with van der Waals surface area (Å²) in [6.45, 7) is 2.81. The minimum absolute atomic E-state index is 0. The summed E-state index contributed by atoms with van der Waals surface area (Å²) in [7, 11) is 0. The standard InChI is InChI=1S/C13H24N2O2.ClH/c16-13(12-10-17-9-8-14-12)15-7-3-6-11-4-1-2-5-11;/h11-12,14H,1-10H2,(H,15,16);1H. The molecule has 1 heterocycles. The maximum atomic E-state index is 11.7. The zero-order chi connectivity index (χ0) is 11.9. The van der Waals surface area contributed by atoms with Gasteiger partial charge in [0.2, 0.25) is 5.91 Å². The van der Waals surface area contributed by atoms with Crippen LogP contribution in [0.5, 0.6) is 0 Å². The number of carbonyl (C=O) groups excluding carboxylic acids is 1. The molecule has 1 saturated carbocycles. The molecule has 2 N–H and O–H groups in total. The van der Waals surface area contributed by atoms with E-state index in [-0.39, 0.29) is 24.4 Å². The number of amides is 1. The van der Waals surface area contributed by atoms with E-state index < -0.39 is 0 Å². The molecule has 5 heteroatoms. The van der Waals surface area contributed by atoms with Crippen molar-refractivity contribution in [2.75, 3.05) is 26.3 Å². The summed E-state index contributed by atoms with van der Waals surface area (Å²) in [6.07, 6.45) is 7.98. The van der Waals surface area contributed by atoms with Crippen LogP contribution in [-0.2, 0) is 9.53 Å². The number of carbonyl (C=O) groups is 1. The second kappa shape index (κ2) is 8.73. The van der Waals surface area contributed by atoms with Gasteiger partial charge in [0, 0.05) is 13.1 Å². The summed E-state index contributed by atoms with van der Waals surface area (Å²) in [4.78, 5) is 11.7. The molecule has 1 unspecified atom stereocenters. The molecule has 106 valence electrons. The van der Waals surface area contributed by atoms with Crippen molar-refractivity contribution in [3.8, 4) is 0 Å². The zero-order valence-corrected chi connectivity index (χ0v) is 11.8. The van der Waals surface area contributed by atoms with E-state index in [2.05, 4.69) is 10.6 Å². The molecule has 0 bridgehead atoms. The van der Waals surface area contributed by atoms with Crippen LogP contribution in [0.4, 0.5) is 0 Å². The first-order valence-corrected chi connectivity index (χ1v) is 6.95. The molecule has 0 aromatic rings. The van der Waals surface area contributed by atoms with Crippen molar-refractivity contribution in [1.82, 2.24) is 10.6 Å². The van der Waals surface area contributed by atoms with Crippen molar-refractivity contribution in [2.45, 2.75) is 44.6 Å². The van der Waals surface area contributed by atoms with E-state index in [1.807, 2.05) is 0 Å². The monoisotopic (exact) mass is 276 g/mol. The van der Waals surface area contributed by atoms with Gasteiger partial charge in [-0.2, -0.15) is 0 Å². The summed E-state index contributed by atoms with van der Waals surface area (Å²) < 4.78 is 5.27. The molecule has 1 aliphatic heterocycles. The molecule has 4 nitrogen and oxygen atoms in total. The van der Waals surface area contributed by atoms with Crippen LogP contribution in [0.25, 0.3) is 0 Å². The number of nitrogens with one attached hydrogen (secondary N) is 2. The Balaban J connectivity index is 0.00000162. The highest BCUT2D eigenvalue weighted by Crippen LogP contribution is 2.28. The summed E-state index contributed by atoms with van der Waals surface area (Å²) in [5.41, 5.74) is 0. The van der Waals surface area contributed by atoms with E-state index in [1.165, 1.54) is 32.1 Å². The Kier molecular flexibility index (Phi) is 7.63. The summed E-state index contributed by atoms with van der Waals surface area (Å²) in [5.74, 6) is 1.01. The molecule has 0 aromatic heterocycles. The van der Waals surface area contributed by atoms with Crippen molar-refractivity contribution in [3.05, 3.63) is 0 Å². The minimum atomic E-state index is -0.143. The van der Waals surface area contributed by atoms with Gasteiger partial charge in [0.05, 0.1) is 13.2 Å². The first-order chi connectivity index (χ1) is 8.36. The third kappa shape index (κ3) is 5.12. The molecule has 2 aliphatic rings. The van der Waals surface area contributed by atoms with Crippen LogP contribution in [0, 0.1) is 5.92 Å². The van der Waals surface area contributed by atoms with Crippen molar-refractivity contribution in [3.63, 3.8) is 0 Å². The summed E-state index contributed by atoms with van der Waals surface area (Å²) in [6, 6.07) is -0.143. The van der Waals surface area contributed by atoms with Gasteiger partial charge in [0.25, 0.3) is 0 Å². The third-order valence-electron chi connectivity index (χ3n) is 3.80. The van der Waals surface area contributed by atoms with E-state index in [1.54, 1.807) is 0 Å². The van der Waals surface area contributed by atoms with E-state index in [0.717, 1.165) is 25.4 Å². The van der Waals surface area contributed by atoms with Gasteiger partial charge >= 0.3 is 0 Å². The van der Waals surface area contributed by atoms with Crippen molar-refractivity contribution in [1.29, 1.82) is 0 Å². The Bertz CT molecular complexity index is 239. The molecule has 1 aliphatic carbocycles. The van der Waals surface area contributed by atoms with Gasteiger partial charge in [-0.15, -0.1) is 12.4 Å². The van der Waals surface area contributed by atoms with Crippen LogP contribution in [0.2, 0.25) is 0 Å².